The molecule has 2 saturated carbocycles. The molecular weight excluding hydrogens is 465 g/mol. The predicted molar refractivity (Wildman–Crippen MR) is 126 cm³/mol. The number of aromatic amines is 1. The molecule has 2 amide bonds. The third-order valence-corrected chi connectivity index (χ3v) is 11.5. The maximum atomic E-state index is 13.6. The first-order valence-electron chi connectivity index (χ1n) is 10.5. The van der Waals surface area contributed by atoms with Gasteiger partial charge in [-0.2, -0.15) is 0 Å². The number of para-hydroxylation sites is 1. The van der Waals surface area contributed by atoms with Gasteiger partial charge in [-0.3, -0.25) is 14.5 Å². The zero-order chi connectivity index (χ0) is 20.9. The third kappa shape index (κ3) is 2.45. The lowest BCUT2D eigenvalue weighted by molar-refractivity contribution is -0.123. The maximum absolute atomic E-state index is 13.6. The van der Waals surface area contributed by atoms with Crippen LogP contribution >= 0.6 is 46.7 Å². The van der Waals surface area contributed by atoms with Gasteiger partial charge in [0.15, 0.2) is 3.95 Å². The van der Waals surface area contributed by atoms with E-state index in [1.165, 1.54) is 19.7 Å². The molecule has 2 aromatic heterocycles. The summed E-state index contributed by atoms with van der Waals surface area (Å²) in [5.41, 5.74) is 0.708. The van der Waals surface area contributed by atoms with Gasteiger partial charge in [0.25, 0.3) is 0 Å². The molecule has 3 fully saturated rings. The van der Waals surface area contributed by atoms with Crippen LogP contribution in [0, 0.1) is 33.5 Å². The lowest BCUT2D eigenvalue weighted by Crippen LogP contribution is -2.42. The SMILES string of the molecule is O=C1C2C3CC(C2C(=O)N1c1ccccc1)C1C(c2cccs2)c2sc(=S)[nH]c2SC31. The number of thiazole rings is 1. The minimum absolute atomic E-state index is 0.00415. The Bertz CT molecular complexity index is 1260. The van der Waals surface area contributed by atoms with Crippen LogP contribution in [0.5, 0.6) is 0 Å². The lowest BCUT2D eigenvalue weighted by Gasteiger charge is -2.42. The van der Waals surface area contributed by atoms with Gasteiger partial charge in [0.1, 0.15) is 0 Å². The standard InChI is InChI=1S/C23H18N2O2S4/c26-21-15-11-9-12(16(15)22(27)25(21)10-5-2-1-3-6-10)18-14(11)17(13-7-4-8-29-13)19-20(30-18)24-23(28)31-19/h1-8,11-12,14-18H,9H2,(H,24,28). The molecule has 1 aromatic carbocycles. The van der Waals surface area contributed by atoms with Gasteiger partial charge < -0.3 is 4.98 Å². The second-order valence-corrected chi connectivity index (χ2v) is 12.7. The molecule has 1 saturated heterocycles. The Balaban J connectivity index is 1.34. The van der Waals surface area contributed by atoms with Gasteiger partial charge in [0.2, 0.25) is 11.8 Å². The predicted octanol–water partition coefficient (Wildman–Crippen LogP) is 5.55. The molecule has 7 rings (SSSR count). The molecule has 4 heterocycles. The van der Waals surface area contributed by atoms with Crippen molar-refractivity contribution in [3.63, 3.8) is 0 Å². The van der Waals surface area contributed by atoms with Crippen LogP contribution in [-0.2, 0) is 9.59 Å². The first kappa shape index (κ1) is 18.8. The van der Waals surface area contributed by atoms with E-state index < -0.39 is 0 Å². The number of anilines is 1. The van der Waals surface area contributed by atoms with Crippen LogP contribution in [-0.4, -0.2) is 22.0 Å². The van der Waals surface area contributed by atoms with Crippen molar-refractivity contribution >= 4 is 64.2 Å². The number of thiophene rings is 1. The minimum Gasteiger partial charge on any atom is -0.332 e. The number of H-pyrrole nitrogens is 1. The van der Waals surface area contributed by atoms with Crippen LogP contribution in [0.1, 0.15) is 22.1 Å². The second kappa shape index (κ2) is 6.63. The Hall–Kier alpha value is -1.74. The number of thioether (sulfide) groups is 1. The molecule has 0 radical (unpaired) electrons. The second-order valence-electron chi connectivity index (χ2n) is 8.82. The van der Waals surface area contributed by atoms with Crippen molar-refractivity contribution in [2.75, 3.05) is 4.90 Å². The summed E-state index contributed by atoms with van der Waals surface area (Å²) in [6.45, 7) is 0. The largest absolute Gasteiger partial charge is 0.332 e. The average molecular weight is 483 g/mol. The summed E-state index contributed by atoms with van der Waals surface area (Å²) in [7, 11) is 0. The van der Waals surface area contributed by atoms with Crippen LogP contribution in [0.15, 0.2) is 52.9 Å². The Morgan fingerprint density at radius 2 is 1.77 bits per heavy atom. The summed E-state index contributed by atoms with van der Waals surface area (Å²) in [5, 5.41) is 3.66. The van der Waals surface area contributed by atoms with Crippen molar-refractivity contribution < 1.29 is 9.59 Å². The molecule has 2 aliphatic carbocycles. The number of hydrogen-bond acceptors (Lipinski definition) is 6. The highest BCUT2D eigenvalue weighted by Crippen LogP contribution is 2.69. The van der Waals surface area contributed by atoms with Crippen LogP contribution in [0.25, 0.3) is 0 Å². The van der Waals surface area contributed by atoms with Gasteiger partial charge in [0, 0.05) is 20.9 Å². The topological polar surface area (TPSA) is 53.2 Å². The highest BCUT2D eigenvalue weighted by molar-refractivity contribution is 8.00. The number of imide groups is 1. The van der Waals surface area contributed by atoms with Gasteiger partial charge >= 0.3 is 0 Å². The molecule has 3 aromatic rings. The lowest BCUT2D eigenvalue weighted by atomic mass is 9.69. The zero-order valence-corrected chi connectivity index (χ0v) is 19.5. The molecule has 7 atom stereocenters. The molecule has 7 unspecified atom stereocenters. The van der Waals surface area contributed by atoms with E-state index in [0.29, 0.717) is 16.9 Å². The van der Waals surface area contributed by atoms with E-state index in [0.717, 1.165) is 10.4 Å². The fourth-order valence-electron chi connectivity index (χ4n) is 6.64. The number of nitrogens with zero attached hydrogens (tertiary/aromatic N) is 1. The van der Waals surface area contributed by atoms with Gasteiger partial charge in [-0.15, -0.1) is 34.4 Å². The molecule has 156 valence electrons. The quantitative estimate of drug-likeness (QED) is 0.385. The fraction of sp³-hybridized carbons (Fsp3) is 0.348. The van der Waals surface area contributed by atoms with E-state index in [1.54, 1.807) is 22.7 Å². The number of benzene rings is 1. The number of nitrogens with one attached hydrogen (secondary N) is 1. The number of aromatic nitrogens is 1. The number of amides is 2. The van der Waals surface area contributed by atoms with Crippen LogP contribution < -0.4 is 4.90 Å². The molecule has 2 aliphatic heterocycles. The van der Waals surface area contributed by atoms with E-state index in [9.17, 15) is 9.59 Å². The Morgan fingerprint density at radius 1 is 1.00 bits per heavy atom. The van der Waals surface area contributed by atoms with Crippen molar-refractivity contribution in [1.82, 2.24) is 4.98 Å². The normalized spacial score (nSPS) is 35.4. The Kier molecular flexibility index (Phi) is 4.02. The Labute approximate surface area is 196 Å². The van der Waals surface area contributed by atoms with Crippen LogP contribution in [0.4, 0.5) is 5.69 Å². The zero-order valence-electron chi connectivity index (χ0n) is 16.3. The summed E-state index contributed by atoms with van der Waals surface area (Å²) >= 11 is 10.8. The minimum atomic E-state index is -0.185. The molecule has 31 heavy (non-hydrogen) atoms. The third-order valence-electron chi connectivity index (χ3n) is 7.59. The van der Waals surface area contributed by atoms with Crippen LogP contribution in [0.2, 0.25) is 0 Å². The van der Waals surface area contributed by atoms with Gasteiger partial charge in [0.05, 0.1) is 22.5 Å². The smallest absolute Gasteiger partial charge is 0.238 e. The van der Waals surface area contributed by atoms with Gasteiger partial charge in [-0.25, -0.2) is 0 Å². The van der Waals surface area contributed by atoms with Crippen LogP contribution in [0.3, 0.4) is 0 Å². The van der Waals surface area contributed by atoms with E-state index in [4.69, 9.17) is 12.2 Å². The molecule has 8 heteroatoms. The summed E-state index contributed by atoms with van der Waals surface area (Å²) in [4.78, 5) is 34.6. The first-order valence-corrected chi connectivity index (χ1v) is 13.5. The fourth-order valence-corrected chi connectivity index (χ4v) is 10.9. The molecule has 1 N–H and O–H groups in total. The van der Waals surface area contributed by atoms with E-state index in [1.807, 2.05) is 42.1 Å². The number of carbonyl (C=O) groups is 2. The molecule has 2 bridgehead atoms. The number of hydrogen-bond donors (Lipinski definition) is 1. The van der Waals surface area contributed by atoms with Crippen molar-refractivity contribution in [1.29, 1.82) is 0 Å². The Morgan fingerprint density at radius 3 is 2.52 bits per heavy atom. The monoisotopic (exact) mass is 482 g/mol. The number of rotatable bonds is 2. The van der Waals surface area contributed by atoms with E-state index in [2.05, 4.69) is 22.5 Å². The van der Waals surface area contributed by atoms with E-state index in [-0.39, 0.29) is 41.4 Å². The number of carbonyl (C=O) groups excluding carboxylic acids is 2. The summed E-state index contributed by atoms with van der Waals surface area (Å²) in [5.74, 6) is 0.773. The highest BCUT2D eigenvalue weighted by atomic mass is 32.2. The maximum Gasteiger partial charge on any atom is 0.238 e. The molecular formula is C23H18N2O2S4. The highest BCUT2D eigenvalue weighted by Gasteiger charge is 2.69. The summed E-state index contributed by atoms with van der Waals surface area (Å²) in [6, 6.07) is 13.8. The molecule has 4 nitrogen and oxygen atoms in total. The van der Waals surface area contributed by atoms with Crippen molar-refractivity contribution in [2.24, 2.45) is 29.6 Å². The van der Waals surface area contributed by atoms with Crippen molar-refractivity contribution in [3.8, 4) is 0 Å². The number of fused-ring (bicyclic) bond motifs is 9. The summed E-state index contributed by atoms with van der Waals surface area (Å²) in [6.07, 6.45) is 0.981. The first-order chi connectivity index (χ1) is 15.1. The van der Waals surface area contributed by atoms with Crippen molar-refractivity contribution in [2.45, 2.75) is 22.6 Å². The molecule has 0 spiro atoms. The van der Waals surface area contributed by atoms with Gasteiger partial charge in [-0.05, 0) is 60.0 Å². The van der Waals surface area contributed by atoms with Gasteiger partial charge in [-0.1, -0.05) is 24.3 Å². The van der Waals surface area contributed by atoms with E-state index >= 15 is 0 Å². The summed E-state index contributed by atoms with van der Waals surface area (Å²) < 4.78 is 0.814. The average Bonchev–Trinajstić information content (AvgIpc) is 3.56. The van der Waals surface area contributed by atoms with Crippen molar-refractivity contribution in [3.05, 3.63) is 61.6 Å². The molecule has 4 aliphatic rings.